The number of piperidine rings is 1. The fourth-order valence-corrected chi connectivity index (χ4v) is 3.59. The van der Waals surface area contributed by atoms with E-state index in [-0.39, 0.29) is 17.8 Å². The molecule has 1 fully saturated rings. The van der Waals surface area contributed by atoms with E-state index < -0.39 is 0 Å². The lowest BCUT2D eigenvalue weighted by Gasteiger charge is -2.32. The summed E-state index contributed by atoms with van der Waals surface area (Å²) in [6.45, 7) is 3.49. The Balaban J connectivity index is 1.40. The van der Waals surface area contributed by atoms with Gasteiger partial charge in [0, 0.05) is 37.2 Å². The molecule has 0 aliphatic carbocycles. The molecule has 0 radical (unpaired) electrons. The molecule has 3 heterocycles. The molecule has 160 valence electrons. The number of aromatic nitrogens is 4. The van der Waals surface area contributed by atoms with E-state index in [9.17, 15) is 9.59 Å². The highest BCUT2D eigenvalue weighted by atomic mass is 16.5. The molecule has 1 atom stereocenters. The minimum atomic E-state index is -0.373. The first-order chi connectivity index (χ1) is 15.1. The number of nitrogens with zero attached hydrogens (tertiary/aromatic N) is 5. The summed E-state index contributed by atoms with van der Waals surface area (Å²) in [6, 6.07) is 10.4. The summed E-state index contributed by atoms with van der Waals surface area (Å²) in [5.74, 6) is 0.874. The summed E-state index contributed by atoms with van der Waals surface area (Å²) in [5.41, 5.74) is 1.11. The monoisotopic (exact) mass is 420 g/mol. The predicted molar refractivity (Wildman–Crippen MR) is 115 cm³/mol. The van der Waals surface area contributed by atoms with E-state index >= 15 is 0 Å². The zero-order valence-electron chi connectivity index (χ0n) is 17.3. The van der Waals surface area contributed by atoms with Gasteiger partial charge in [0.05, 0.1) is 18.1 Å². The number of esters is 1. The highest BCUT2D eigenvalue weighted by Gasteiger charge is 2.27. The Labute approximate surface area is 180 Å². The van der Waals surface area contributed by atoms with Crippen molar-refractivity contribution in [3.05, 3.63) is 60.7 Å². The second-order valence-electron chi connectivity index (χ2n) is 7.26. The van der Waals surface area contributed by atoms with Gasteiger partial charge in [0.2, 0.25) is 5.91 Å². The smallest absolute Gasteiger partial charge is 0.338 e. The van der Waals surface area contributed by atoms with Gasteiger partial charge in [-0.2, -0.15) is 5.10 Å². The molecule has 1 N–H and O–H groups in total. The summed E-state index contributed by atoms with van der Waals surface area (Å²) in [5, 5.41) is 7.16. The molecule has 1 saturated heterocycles. The van der Waals surface area contributed by atoms with Crippen LogP contribution in [0.4, 0.5) is 11.5 Å². The highest BCUT2D eigenvalue weighted by Crippen LogP contribution is 2.24. The van der Waals surface area contributed by atoms with E-state index in [1.165, 1.54) is 6.33 Å². The Kier molecular flexibility index (Phi) is 6.21. The molecule has 0 saturated carbocycles. The molecule has 3 aromatic rings. The number of benzene rings is 1. The minimum Gasteiger partial charge on any atom is -0.462 e. The van der Waals surface area contributed by atoms with Gasteiger partial charge >= 0.3 is 5.97 Å². The lowest BCUT2D eigenvalue weighted by Crippen LogP contribution is -2.41. The molecule has 1 amide bonds. The van der Waals surface area contributed by atoms with Gasteiger partial charge in [-0.15, -0.1) is 0 Å². The van der Waals surface area contributed by atoms with Gasteiger partial charge in [-0.3, -0.25) is 4.79 Å². The van der Waals surface area contributed by atoms with Crippen molar-refractivity contribution in [3.8, 4) is 5.82 Å². The topological polar surface area (TPSA) is 102 Å². The average molecular weight is 420 g/mol. The molecule has 1 aromatic carbocycles. The van der Waals surface area contributed by atoms with Crippen molar-refractivity contribution >= 4 is 23.4 Å². The second kappa shape index (κ2) is 9.38. The number of nitrogens with one attached hydrogen (secondary N) is 1. The first kappa shape index (κ1) is 20.5. The first-order valence-corrected chi connectivity index (χ1v) is 10.3. The molecule has 31 heavy (non-hydrogen) atoms. The number of rotatable bonds is 6. The quantitative estimate of drug-likeness (QED) is 0.612. The van der Waals surface area contributed by atoms with Gasteiger partial charge in [-0.05, 0) is 50.1 Å². The molecule has 1 aliphatic heterocycles. The van der Waals surface area contributed by atoms with Crippen LogP contribution in [-0.4, -0.2) is 51.3 Å². The lowest BCUT2D eigenvalue weighted by molar-refractivity contribution is -0.120. The van der Waals surface area contributed by atoms with Crippen molar-refractivity contribution in [1.29, 1.82) is 0 Å². The number of ether oxygens (including phenoxy) is 1. The molecule has 9 heteroatoms. The number of hydrogen-bond donors (Lipinski definition) is 1. The van der Waals surface area contributed by atoms with Gasteiger partial charge in [0.25, 0.3) is 0 Å². The van der Waals surface area contributed by atoms with E-state index in [0.29, 0.717) is 30.2 Å². The predicted octanol–water partition coefficient (Wildman–Crippen LogP) is 2.69. The van der Waals surface area contributed by atoms with Crippen molar-refractivity contribution in [3.63, 3.8) is 0 Å². The number of anilines is 2. The van der Waals surface area contributed by atoms with Crippen molar-refractivity contribution in [2.45, 2.75) is 19.8 Å². The van der Waals surface area contributed by atoms with Crippen LogP contribution in [-0.2, 0) is 9.53 Å². The number of amides is 1. The molecule has 9 nitrogen and oxygen atoms in total. The molecular weight excluding hydrogens is 396 g/mol. The maximum absolute atomic E-state index is 12.8. The van der Waals surface area contributed by atoms with E-state index in [1.54, 1.807) is 42.1 Å². The van der Waals surface area contributed by atoms with Crippen LogP contribution in [0.3, 0.4) is 0 Å². The lowest BCUT2D eigenvalue weighted by atomic mass is 9.97. The third-order valence-corrected chi connectivity index (χ3v) is 5.16. The van der Waals surface area contributed by atoms with Gasteiger partial charge in [0.15, 0.2) is 5.82 Å². The second-order valence-corrected chi connectivity index (χ2v) is 7.26. The zero-order chi connectivity index (χ0) is 21.6. The Hall–Kier alpha value is -3.75. The van der Waals surface area contributed by atoms with Crippen LogP contribution in [0.25, 0.3) is 5.82 Å². The molecule has 1 unspecified atom stereocenters. The van der Waals surface area contributed by atoms with Gasteiger partial charge < -0.3 is 15.0 Å². The van der Waals surface area contributed by atoms with E-state index in [2.05, 4.69) is 25.3 Å². The van der Waals surface area contributed by atoms with Crippen LogP contribution >= 0.6 is 0 Å². The molecular formula is C22H24N6O3. The van der Waals surface area contributed by atoms with Crippen LogP contribution in [0, 0.1) is 5.92 Å². The van der Waals surface area contributed by atoms with Crippen molar-refractivity contribution in [2.24, 2.45) is 5.92 Å². The Morgan fingerprint density at radius 1 is 1.19 bits per heavy atom. The Bertz CT molecular complexity index is 1040. The standard InChI is InChI=1S/C22H24N6O3/c1-2-31-22(30)16-6-8-18(9-7-16)26-21(29)17-5-3-11-27(14-17)19-13-20(24-15-23-19)28-12-4-10-25-28/h4,6-10,12-13,15,17H,2-3,5,11,14H2,1H3,(H,26,29). The number of hydrogen-bond acceptors (Lipinski definition) is 7. The maximum atomic E-state index is 12.8. The largest absolute Gasteiger partial charge is 0.462 e. The van der Waals surface area contributed by atoms with E-state index in [0.717, 1.165) is 25.2 Å². The van der Waals surface area contributed by atoms with Crippen LogP contribution in [0.15, 0.2) is 55.1 Å². The summed E-state index contributed by atoms with van der Waals surface area (Å²) < 4.78 is 6.66. The van der Waals surface area contributed by atoms with E-state index in [4.69, 9.17) is 4.74 Å². The third-order valence-electron chi connectivity index (χ3n) is 5.16. The fraction of sp³-hybridized carbons (Fsp3) is 0.318. The number of carbonyl (C=O) groups is 2. The molecule has 4 rings (SSSR count). The summed E-state index contributed by atoms with van der Waals surface area (Å²) in [4.78, 5) is 35.4. The SMILES string of the molecule is CCOC(=O)c1ccc(NC(=O)C2CCCN(c3cc(-n4cccn4)ncn3)C2)cc1. The Morgan fingerprint density at radius 3 is 2.74 bits per heavy atom. The molecule has 1 aliphatic rings. The summed E-state index contributed by atoms with van der Waals surface area (Å²) in [6.07, 6.45) is 6.73. The highest BCUT2D eigenvalue weighted by molar-refractivity contribution is 5.94. The molecule has 0 bridgehead atoms. The molecule has 0 spiro atoms. The normalized spacial score (nSPS) is 16.0. The van der Waals surface area contributed by atoms with Crippen molar-refractivity contribution in [2.75, 3.05) is 29.9 Å². The summed E-state index contributed by atoms with van der Waals surface area (Å²) >= 11 is 0. The Morgan fingerprint density at radius 2 is 2.00 bits per heavy atom. The fourth-order valence-electron chi connectivity index (χ4n) is 3.59. The van der Waals surface area contributed by atoms with Crippen LogP contribution in [0.5, 0.6) is 0 Å². The summed E-state index contributed by atoms with van der Waals surface area (Å²) in [7, 11) is 0. The first-order valence-electron chi connectivity index (χ1n) is 10.3. The average Bonchev–Trinajstić information content (AvgIpc) is 3.35. The zero-order valence-corrected chi connectivity index (χ0v) is 17.3. The molecule has 2 aromatic heterocycles. The van der Waals surface area contributed by atoms with Crippen molar-refractivity contribution in [1.82, 2.24) is 19.7 Å². The third kappa shape index (κ3) is 4.88. The minimum absolute atomic E-state index is 0.0464. The van der Waals surface area contributed by atoms with Crippen LogP contribution < -0.4 is 10.2 Å². The van der Waals surface area contributed by atoms with E-state index in [1.807, 2.05) is 18.3 Å². The number of carbonyl (C=O) groups excluding carboxylic acids is 2. The van der Waals surface area contributed by atoms with Crippen LogP contribution in [0.1, 0.15) is 30.1 Å². The van der Waals surface area contributed by atoms with Crippen LogP contribution in [0.2, 0.25) is 0 Å². The van der Waals surface area contributed by atoms with Gasteiger partial charge in [-0.25, -0.2) is 19.4 Å². The van der Waals surface area contributed by atoms with Gasteiger partial charge in [0.1, 0.15) is 12.1 Å². The van der Waals surface area contributed by atoms with Crippen molar-refractivity contribution < 1.29 is 14.3 Å². The maximum Gasteiger partial charge on any atom is 0.338 e. The van der Waals surface area contributed by atoms with Gasteiger partial charge in [-0.1, -0.05) is 0 Å².